The summed E-state index contributed by atoms with van der Waals surface area (Å²) in [5, 5.41) is 0.536. The fourth-order valence-electron chi connectivity index (χ4n) is 3.09. The van der Waals surface area contributed by atoms with Gasteiger partial charge in [-0.2, -0.15) is 0 Å². The fraction of sp³-hybridized carbons (Fsp3) is 0.222. The number of halogens is 2. The van der Waals surface area contributed by atoms with Gasteiger partial charge in [-0.3, -0.25) is 9.59 Å². The number of rotatable bonds is 2. The van der Waals surface area contributed by atoms with E-state index in [9.17, 15) is 9.59 Å². The average molecular weight is 363 g/mol. The molecule has 0 saturated heterocycles. The Morgan fingerprint density at radius 3 is 1.33 bits per heavy atom. The van der Waals surface area contributed by atoms with Gasteiger partial charge in [-0.25, -0.2) is 0 Å². The van der Waals surface area contributed by atoms with Gasteiger partial charge in [-0.1, -0.05) is 47.5 Å². The summed E-state index contributed by atoms with van der Waals surface area (Å²) in [5.74, 6) is -0.434. The van der Waals surface area contributed by atoms with Crippen molar-refractivity contribution in [2.75, 3.05) is 38.0 Å². The molecule has 2 aromatic carbocycles. The molecule has 0 amide bonds. The number of fused-ring (bicyclic) bond motifs is 2. The Morgan fingerprint density at radius 1 is 0.708 bits per heavy atom. The molecule has 0 N–H and O–H groups in total. The molecule has 0 fully saturated rings. The fourth-order valence-corrected chi connectivity index (χ4v) is 3.80. The van der Waals surface area contributed by atoms with Crippen molar-refractivity contribution in [3.05, 3.63) is 56.6 Å². The molecule has 6 heteroatoms. The van der Waals surface area contributed by atoms with Gasteiger partial charge in [0.15, 0.2) is 11.6 Å². The summed E-state index contributed by atoms with van der Waals surface area (Å²) in [6.45, 7) is 0. The topological polar surface area (TPSA) is 40.6 Å². The Hall–Kier alpha value is -2.04. The lowest BCUT2D eigenvalue weighted by Gasteiger charge is -2.30. The van der Waals surface area contributed by atoms with E-state index in [2.05, 4.69) is 0 Å². The zero-order valence-corrected chi connectivity index (χ0v) is 15.3. The van der Waals surface area contributed by atoms with Gasteiger partial charge in [0.1, 0.15) is 0 Å². The summed E-state index contributed by atoms with van der Waals surface area (Å²) in [7, 11) is 7.08. The number of carbonyl (C=O) groups excluding carboxylic acids is 2. The van der Waals surface area contributed by atoms with E-state index >= 15 is 0 Å². The number of ketones is 2. The SMILES string of the molecule is CN(C)c1c(Cl)c(Cl)c(N(C)C)c2c1C(=O)c1ccccc1C2=O. The minimum Gasteiger partial charge on any atom is -0.376 e. The second-order valence-electron chi connectivity index (χ2n) is 6.07. The van der Waals surface area contributed by atoms with Crippen molar-refractivity contribution in [3.8, 4) is 0 Å². The number of hydrogen-bond acceptors (Lipinski definition) is 4. The van der Waals surface area contributed by atoms with Crippen LogP contribution in [0.5, 0.6) is 0 Å². The first kappa shape index (κ1) is 16.8. The maximum Gasteiger partial charge on any atom is 0.196 e. The minimum absolute atomic E-state index is 0.217. The molecular weight excluding hydrogens is 347 g/mol. The summed E-state index contributed by atoms with van der Waals surface area (Å²) in [5.41, 5.74) is 2.33. The van der Waals surface area contributed by atoms with E-state index in [1.165, 1.54) is 0 Å². The molecule has 0 aliphatic heterocycles. The van der Waals surface area contributed by atoms with Gasteiger partial charge in [-0.15, -0.1) is 0 Å². The molecule has 0 spiro atoms. The highest BCUT2D eigenvalue weighted by Crippen LogP contribution is 2.47. The van der Waals surface area contributed by atoms with Crippen molar-refractivity contribution >= 4 is 46.1 Å². The molecule has 0 aromatic heterocycles. The van der Waals surface area contributed by atoms with Crippen molar-refractivity contribution in [2.45, 2.75) is 0 Å². The Kier molecular flexibility index (Phi) is 4.06. The van der Waals surface area contributed by atoms with Crippen LogP contribution in [0.1, 0.15) is 31.8 Å². The van der Waals surface area contributed by atoms with Crippen molar-refractivity contribution in [3.63, 3.8) is 0 Å². The Morgan fingerprint density at radius 2 is 1.04 bits per heavy atom. The number of benzene rings is 2. The largest absolute Gasteiger partial charge is 0.376 e. The first-order valence-electron chi connectivity index (χ1n) is 7.35. The number of carbonyl (C=O) groups is 2. The summed E-state index contributed by atoms with van der Waals surface area (Å²) in [4.78, 5) is 29.7. The lowest BCUT2D eigenvalue weighted by Crippen LogP contribution is -2.28. The Labute approximate surface area is 150 Å². The second kappa shape index (κ2) is 5.80. The minimum atomic E-state index is -0.217. The molecule has 0 heterocycles. The van der Waals surface area contributed by atoms with Crippen LogP contribution >= 0.6 is 23.2 Å². The van der Waals surface area contributed by atoms with Gasteiger partial charge in [0.2, 0.25) is 0 Å². The second-order valence-corrected chi connectivity index (χ2v) is 6.82. The third-order valence-corrected chi connectivity index (χ3v) is 4.93. The monoisotopic (exact) mass is 362 g/mol. The van der Waals surface area contributed by atoms with Crippen LogP contribution in [0.4, 0.5) is 11.4 Å². The molecule has 1 aliphatic rings. The molecule has 0 saturated carbocycles. The van der Waals surface area contributed by atoms with Crippen molar-refractivity contribution in [1.29, 1.82) is 0 Å². The molecule has 2 aromatic rings. The number of anilines is 2. The standard InChI is InChI=1S/C18H16Cl2N2O2/c1-21(2)15-11-12(16(22(3)4)14(20)13(15)19)18(24)10-8-6-5-7-9(10)17(11)23/h5-8H,1-4H3. The molecule has 4 nitrogen and oxygen atoms in total. The van der Waals surface area contributed by atoms with Crippen molar-refractivity contribution in [2.24, 2.45) is 0 Å². The van der Waals surface area contributed by atoms with Crippen LogP contribution in [0.25, 0.3) is 0 Å². The molecule has 124 valence electrons. The van der Waals surface area contributed by atoms with Gasteiger partial charge in [0.05, 0.1) is 32.5 Å². The van der Waals surface area contributed by atoms with E-state index in [0.29, 0.717) is 33.6 Å². The van der Waals surface area contributed by atoms with Crippen LogP contribution < -0.4 is 9.80 Å². The zero-order chi connectivity index (χ0) is 17.8. The molecule has 0 atom stereocenters. The van der Waals surface area contributed by atoms with Crippen LogP contribution in [0.3, 0.4) is 0 Å². The predicted octanol–water partition coefficient (Wildman–Crippen LogP) is 3.90. The highest BCUT2D eigenvalue weighted by molar-refractivity contribution is 6.48. The lowest BCUT2D eigenvalue weighted by molar-refractivity contribution is 0.0980. The molecule has 0 unspecified atom stereocenters. The zero-order valence-electron chi connectivity index (χ0n) is 13.8. The smallest absolute Gasteiger partial charge is 0.196 e. The normalized spacial score (nSPS) is 12.8. The van der Waals surface area contributed by atoms with E-state index in [0.717, 1.165) is 0 Å². The highest BCUT2D eigenvalue weighted by atomic mass is 35.5. The van der Waals surface area contributed by atoms with Crippen LogP contribution in [0.2, 0.25) is 10.0 Å². The Bertz CT molecular complexity index is 817. The van der Waals surface area contributed by atoms with Crippen LogP contribution in [-0.2, 0) is 0 Å². The summed E-state index contributed by atoms with van der Waals surface area (Å²) in [6, 6.07) is 6.81. The van der Waals surface area contributed by atoms with Gasteiger partial charge >= 0.3 is 0 Å². The van der Waals surface area contributed by atoms with E-state index in [-0.39, 0.29) is 21.6 Å². The summed E-state index contributed by atoms with van der Waals surface area (Å²) < 4.78 is 0. The molecule has 3 rings (SSSR count). The molecule has 1 aliphatic carbocycles. The predicted molar refractivity (Wildman–Crippen MR) is 98.4 cm³/mol. The van der Waals surface area contributed by atoms with E-state index in [1.807, 2.05) is 0 Å². The highest BCUT2D eigenvalue weighted by Gasteiger charge is 2.37. The molecule has 0 radical (unpaired) electrons. The Balaban J connectivity index is 2.51. The third-order valence-electron chi connectivity index (χ3n) is 4.10. The molecular formula is C18H16Cl2N2O2. The van der Waals surface area contributed by atoms with E-state index in [4.69, 9.17) is 23.2 Å². The van der Waals surface area contributed by atoms with Crippen LogP contribution in [0.15, 0.2) is 24.3 Å². The lowest BCUT2D eigenvalue weighted by atomic mass is 9.82. The maximum absolute atomic E-state index is 13.1. The van der Waals surface area contributed by atoms with Gasteiger partial charge in [-0.05, 0) is 0 Å². The molecule has 0 bridgehead atoms. The maximum atomic E-state index is 13.1. The quantitative estimate of drug-likeness (QED) is 0.693. The van der Waals surface area contributed by atoms with Crippen molar-refractivity contribution in [1.82, 2.24) is 0 Å². The van der Waals surface area contributed by atoms with E-state index < -0.39 is 0 Å². The number of nitrogens with zero attached hydrogens (tertiary/aromatic N) is 2. The van der Waals surface area contributed by atoms with Gasteiger partial charge in [0, 0.05) is 39.3 Å². The van der Waals surface area contributed by atoms with E-state index in [1.54, 1.807) is 62.3 Å². The van der Waals surface area contributed by atoms with Crippen LogP contribution in [0, 0.1) is 0 Å². The molecule has 24 heavy (non-hydrogen) atoms. The first-order chi connectivity index (χ1) is 11.3. The first-order valence-corrected chi connectivity index (χ1v) is 8.11. The third kappa shape index (κ3) is 2.21. The average Bonchev–Trinajstić information content (AvgIpc) is 2.53. The van der Waals surface area contributed by atoms with Gasteiger partial charge < -0.3 is 9.80 Å². The summed E-state index contributed by atoms with van der Waals surface area (Å²) >= 11 is 12.9. The number of hydrogen-bond donors (Lipinski definition) is 0. The summed E-state index contributed by atoms with van der Waals surface area (Å²) in [6.07, 6.45) is 0. The van der Waals surface area contributed by atoms with Gasteiger partial charge in [0.25, 0.3) is 0 Å². The van der Waals surface area contributed by atoms with Crippen LogP contribution in [-0.4, -0.2) is 39.8 Å². The van der Waals surface area contributed by atoms with Crippen molar-refractivity contribution < 1.29 is 9.59 Å².